The van der Waals surface area contributed by atoms with Crippen LogP contribution in [0.1, 0.15) is 5.56 Å². The highest BCUT2D eigenvalue weighted by molar-refractivity contribution is 7.71. The highest BCUT2D eigenvalue weighted by Crippen LogP contribution is 2.21. The Kier molecular flexibility index (Phi) is 5.25. The summed E-state index contributed by atoms with van der Waals surface area (Å²) in [4.78, 5) is 0. The minimum Gasteiger partial charge on any atom is -0.250 e. The summed E-state index contributed by atoms with van der Waals surface area (Å²) in [6, 6.07) is 17.0. The summed E-state index contributed by atoms with van der Waals surface area (Å²) in [6.07, 6.45) is 3.34. The number of aromatic amines is 1. The Hall–Kier alpha value is -2.21. The Morgan fingerprint density at radius 2 is 1.96 bits per heavy atom. The Bertz CT molecular complexity index is 958. The van der Waals surface area contributed by atoms with Gasteiger partial charge in [-0.3, -0.25) is 0 Å². The zero-order chi connectivity index (χ0) is 16.9. The average molecular weight is 375 g/mol. The molecular weight excluding hydrogens is 363 g/mol. The molecule has 0 aliphatic carbocycles. The van der Waals surface area contributed by atoms with Crippen molar-refractivity contribution in [3.63, 3.8) is 0 Å². The standard InChI is InChI=1S/C17H12Cl2N4S/c18-14-8-4-7-13(10-14)16-21-22-17(24)23(16)20-11-15(19)9-12-5-2-1-3-6-12/h1-11H,(H,22,24)/b15-9-,20-11-. The molecule has 0 aliphatic heterocycles. The molecule has 120 valence electrons. The summed E-state index contributed by atoms with van der Waals surface area (Å²) in [6.45, 7) is 0. The Labute approximate surface area is 154 Å². The maximum atomic E-state index is 6.22. The van der Waals surface area contributed by atoms with Gasteiger partial charge in [-0.25, -0.2) is 5.10 Å². The van der Waals surface area contributed by atoms with Crippen LogP contribution in [-0.2, 0) is 0 Å². The van der Waals surface area contributed by atoms with E-state index in [9.17, 15) is 0 Å². The van der Waals surface area contributed by atoms with Crippen LogP contribution in [0.2, 0.25) is 5.02 Å². The van der Waals surface area contributed by atoms with E-state index in [4.69, 9.17) is 35.4 Å². The van der Waals surface area contributed by atoms with Crippen molar-refractivity contribution in [2.45, 2.75) is 0 Å². The number of hydrogen-bond donors (Lipinski definition) is 1. The van der Waals surface area contributed by atoms with E-state index in [1.54, 1.807) is 12.1 Å². The van der Waals surface area contributed by atoms with Crippen molar-refractivity contribution in [3.8, 4) is 11.4 Å². The smallest absolute Gasteiger partial charge is 0.216 e. The molecule has 0 saturated heterocycles. The lowest BCUT2D eigenvalue weighted by atomic mass is 10.2. The van der Waals surface area contributed by atoms with E-state index in [1.165, 1.54) is 10.9 Å². The predicted octanol–water partition coefficient (Wildman–Crippen LogP) is 5.37. The number of hydrogen-bond acceptors (Lipinski definition) is 3. The van der Waals surface area contributed by atoms with Gasteiger partial charge in [-0.1, -0.05) is 65.7 Å². The van der Waals surface area contributed by atoms with Gasteiger partial charge in [0, 0.05) is 10.6 Å². The van der Waals surface area contributed by atoms with E-state index in [2.05, 4.69) is 15.3 Å². The largest absolute Gasteiger partial charge is 0.250 e. The third kappa shape index (κ3) is 4.00. The molecule has 0 unspecified atom stereocenters. The molecule has 7 heteroatoms. The number of rotatable bonds is 4. The summed E-state index contributed by atoms with van der Waals surface area (Å²) in [7, 11) is 0. The van der Waals surface area contributed by atoms with Crippen LogP contribution in [0.5, 0.6) is 0 Å². The van der Waals surface area contributed by atoms with Crippen molar-refractivity contribution in [1.82, 2.24) is 14.9 Å². The molecule has 4 nitrogen and oxygen atoms in total. The first-order valence-electron chi connectivity index (χ1n) is 7.03. The van der Waals surface area contributed by atoms with Gasteiger partial charge in [-0.2, -0.15) is 14.9 Å². The fourth-order valence-corrected chi connectivity index (χ4v) is 2.61. The average Bonchev–Trinajstić information content (AvgIpc) is 2.95. The first kappa shape index (κ1) is 16.6. The Morgan fingerprint density at radius 3 is 2.71 bits per heavy atom. The van der Waals surface area contributed by atoms with E-state index >= 15 is 0 Å². The molecule has 2 aromatic carbocycles. The first-order valence-corrected chi connectivity index (χ1v) is 8.20. The van der Waals surface area contributed by atoms with Gasteiger partial charge in [0.2, 0.25) is 4.77 Å². The van der Waals surface area contributed by atoms with Crippen molar-refractivity contribution in [2.75, 3.05) is 0 Å². The second-order valence-electron chi connectivity index (χ2n) is 4.86. The van der Waals surface area contributed by atoms with Crippen LogP contribution in [-0.4, -0.2) is 21.1 Å². The second-order valence-corrected chi connectivity index (χ2v) is 6.12. The van der Waals surface area contributed by atoms with Crippen LogP contribution in [0.3, 0.4) is 0 Å². The van der Waals surface area contributed by atoms with Crippen LogP contribution >= 0.6 is 35.4 Å². The SMILES string of the molecule is S=c1[nH]nc(-c2cccc(Cl)c2)n1/N=C\C(Cl)=C\c1ccccc1. The van der Waals surface area contributed by atoms with Gasteiger partial charge in [0.05, 0.1) is 11.2 Å². The van der Waals surface area contributed by atoms with Crippen molar-refractivity contribution in [3.05, 3.63) is 75.0 Å². The molecule has 1 N–H and O–H groups in total. The van der Waals surface area contributed by atoms with E-state index in [0.717, 1.165) is 11.1 Å². The normalized spacial score (nSPS) is 12.0. The number of aromatic nitrogens is 3. The van der Waals surface area contributed by atoms with Gasteiger partial charge in [0.15, 0.2) is 5.82 Å². The third-order valence-electron chi connectivity index (χ3n) is 3.13. The van der Waals surface area contributed by atoms with Crippen molar-refractivity contribution >= 4 is 47.7 Å². The fourth-order valence-electron chi connectivity index (χ4n) is 2.07. The molecule has 0 atom stereocenters. The van der Waals surface area contributed by atoms with Gasteiger partial charge < -0.3 is 0 Å². The molecule has 24 heavy (non-hydrogen) atoms. The van der Waals surface area contributed by atoms with Crippen molar-refractivity contribution < 1.29 is 0 Å². The fraction of sp³-hybridized carbons (Fsp3) is 0. The highest BCUT2D eigenvalue weighted by atomic mass is 35.5. The van der Waals surface area contributed by atoms with Crippen LogP contribution in [0, 0.1) is 4.77 Å². The molecule has 3 aromatic rings. The summed E-state index contributed by atoms with van der Waals surface area (Å²) < 4.78 is 1.87. The molecule has 1 aromatic heterocycles. The zero-order valence-corrected chi connectivity index (χ0v) is 14.7. The van der Waals surface area contributed by atoms with Gasteiger partial charge in [-0.05, 0) is 36.0 Å². The number of allylic oxidation sites excluding steroid dienone is 1. The number of benzene rings is 2. The minimum atomic E-state index is 0.366. The molecule has 0 spiro atoms. The van der Waals surface area contributed by atoms with Crippen molar-refractivity contribution in [1.29, 1.82) is 0 Å². The van der Waals surface area contributed by atoms with E-state index in [0.29, 0.717) is 20.7 Å². The van der Waals surface area contributed by atoms with Crippen LogP contribution in [0.15, 0.2) is 64.7 Å². The Morgan fingerprint density at radius 1 is 1.17 bits per heavy atom. The van der Waals surface area contributed by atoms with E-state index in [1.807, 2.05) is 48.5 Å². The van der Waals surface area contributed by atoms with Gasteiger partial charge in [0.25, 0.3) is 0 Å². The van der Waals surface area contributed by atoms with Crippen LogP contribution in [0.25, 0.3) is 17.5 Å². The molecule has 3 rings (SSSR count). The summed E-state index contributed by atoms with van der Waals surface area (Å²) in [5.74, 6) is 0.558. The van der Waals surface area contributed by atoms with Gasteiger partial charge in [0.1, 0.15) is 0 Å². The molecule has 0 fully saturated rings. The topological polar surface area (TPSA) is 46.0 Å². The van der Waals surface area contributed by atoms with Crippen molar-refractivity contribution in [2.24, 2.45) is 5.10 Å². The first-order chi connectivity index (χ1) is 11.6. The monoisotopic (exact) mass is 374 g/mol. The third-order valence-corrected chi connectivity index (χ3v) is 3.84. The maximum absolute atomic E-state index is 6.22. The van der Waals surface area contributed by atoms with Crippen LogP contribution < -0.4 is 0 Å². The quantitative estimate of drug-likeness (QED) is 0.492. The molecule has 0 amide bonds. The second kappa shape index (κ2) is 7.57. The predicted molar refractivity (Wildman–Crippen MR) is 102 cm³/mol. The molecule has 0 saturated carbocycles. The Balaban J connectivity index is 1.92. The lowest BCUT2D eigenvalue weighted by molar-refractivity contribution is 0.872. The number of halogens is 2. The summed E-state index contributed by atoms with van der Waals surface area (Å²) >= 11 is 17.5. The number of nitrogens with zero attached hydrogens (tertiary/aromatic N) is 3. The summed E-state index contributed by atoms with van der Waals surface area (Å²) in [5, 5.41) is 12.3. The lowest BCUT2D eigenvalue weighted by Gasteiger charge is -2.01. The molecule has 0 bridgehead atoms. The molecule has 1 heterocycles. The maximum Gasteiger partial charge on any atom is 0.216 e. The van der Waals surface area contributed by atoms with Gasteiger partial charge in [-0.15, -0.1) is 0 Å². The number of nitrogens with one attached hydrogen (secondary N) is 1. The summed E-state index contributed by atoms with van der Waals surface area (Å²) in [5.41, 5.74) is 1.79. The zero-order valence-electron chi connectivity index (χ0n) is 12.4. The van der Waals surface area contributed by atoms with Gasteiger partial charge >= 0.3 is 0 Å². The lowest BCUT2D eigenvalue weighted by Crippen LogP contribution is -1.94. The molecule has 0 aliphatic rings. The highest BCUT2D eigenvalue weighted by Gasteiger charge is 2.08. The number of H-pyrrole nitrogens is 1. The van der Waals surface area contributed by atoms with Crippen LogP contribution in [0.4, 0.5) is 0 Å². The van der Waals surface area contributed by atoms with E-state index in [-0.39, 0.29) is 0 Å². The van der Waals surface area contributed by atoms with E-state index < -0.39 is 0 Å². The molecular formula is C17H12Cl2N4S. The minimum absolute atomic E-state index is 0.366. The molecule has 0 radical (unpaired) electrons.